The zero-order valence-corrected chi connectivity index (χ0v) is 14.6. The number of fused-ring (bicyclic) bond motifs is 1. The highest BCUT2D eigenvalue weighted by molar-refractivity contribution is 5.91. The summed E-state index contributed by atoms with van der Waals surface area (Å²) in [6, 6.07) is 14.4. The molecule has 0 saturated heterocycles. The smallest absolute Gasteiger partial charge is 0.220 e. The Bertz CT molecular complexity index is 1050. The van der Waals surface area contributed by atoms with Crippen molar-refractivity contribution in [1.82, 2.24) is 20.5 Å². The van der Waals surface area contributed by atoms with Crippen LogP contribution in [0.15, 0.2) is 60.9 Å². The second-order valence-electron chi connectivity index (χ2n) is 6.41. The monoisotopic (exact) mass is 362 g/mol. The predicted molar refractivity (Wildman–Crippen MR) is 102 cm³/mol. The molecule has 3 N–H and O–H groups in total. The number of aryl methyl sites for hydroxylation is 1. The van der Waals surface area contributed by atoms with Crippen LogP contribution in [0.25, 0.3) is 22.2 Å². The number of rotatable bonds is 6. The summed E-state index contributed by atoms with van der Waals surface area (Å²) >= 11 is 0. The minimum atomic E-state index is -0.268. The van der Waals surface area contributed by atoms with E-state index in [2.05, 4.69) is 20.5 Å². The zero-order chi connectivity index (χ0) is 18.6. The molecule has 27 heavy (non-hydrogen) atoms. The summed E-state index contributed by atoms with van der Waals surface area (Å²) < 4.78 is 13.3. The van der Waals surface area contributed by atoms with Gasteiger partial charge < -0.3 is 10.3 Å². The van der Waals surface area contributed by atoms with Crippen LogP contribution in [0.5, 0.6) is 0 Å². The molecule has 0 aliphatic rings. The molecule has 0 bridgehead atoms. The van der Waals surface area contributed by atoms with Crippen LogP contribution in [0.2, 0.25) is 0 Å². The molecule has 4 rings (SSSR count). The fourth-order valence-electron chi connectivity index (χ4n) is 3.22. The maximum Gasteiger partial charge on any atom is 0.220 e. The first kappa shape index (κ1) is 17.0. The van der Waals surface area contributed by atoms with Gasteiger partial charge in [-0.25, -0.2) is 4.39 Å². The number of carbonyl (C=O) groups is 1. The number of nitrogens with one attached hydrogen (secondary N) is 3. The van der Waals surface area contributed by atoms with Crippen LogP contribution in [0, 0.1) is 5.82 Å². The van der Waals surface area contributed by atoms with Gasteiger partial charge in [0, 0.05) is 41.3 Å². The second kappa shape index (κ2) is 7.45. The van der Waals surface area contributed by atoms with Crippen molar-refractivity contribution in [3.8, 4) is 11.3 Å². The number of nitrogens with zero attached hydrogens (tertiary/aromatic N) is 1. The third-order valence-corrected chi connectivity index (χ3v) is 4.59. The van der Waals surface area contributed by atoms with Crippen molar-refractivity contribution in [3.63, 3.8) is 0 Å². The molecule has 5 nitrogen and oxygen atoms in total. The van der Waals surface area contributed by atoms with E-state index in [1.165, 1.54) is 12.1 Å². The van der Waals surface area contributed by atoms with Gasteiger partial charge in [0.05, 0.1) is 6.20 Å². The van der Waals surface area contributed by atoms with E-state index in [9.17, 15) is 9.18 Å². The Hall–Kier alpha value is -3.41. The van der Waals surface area contributed by atoms with Gasteiger partial charge in [0.25, 0.3) is 0 Å². The second-order valence-corrected chi connectivity index (χ2v) is 6.41. The number of hydrogen-bond acceptors (Lipinski definition) is 2. The van der Waals surface area contributed by atoms with Gasteiger partial charge in [-0.15, -0.1) is 0 Å². The van der Waals surface area contributed by atoms with Gasteiger partial charge in [0.2, 0.25) is 5.91 Å². The van der Waals surface area contributed by atoms with Crippen molar-refractivity contribution in [3.05, 3.63) is 77.9 Å². The summed E-state index contributed by atoms with van der Waals surface area (Å²) in [7, 11) is 0. The average molecular weight is 362 g/mol. The molecular formula is C21H19FN4O. The highest BCUT2D eigenvalue weighted by atomic mass is 19.1. The number of carbonyl (C=O) groups excluding carboxylic acids is 1. The molecule has 2 aromatic heterocycles. The molecule has 1 amide bonds. The van der Waals surface area contributed by atoms with E-state index in [0.29, 0.717) is 19.4 Å². The number of aromatic nitrogens is 3. The minimum absolute atomic E-state index is 0.0217. The van der Waals surface area contributed by atoms with Crippen molar-refractivity contribution in [2.24, 2.45) is 0 Å². The van der Waals surface area contributed by atoms with Crippen molar-refractivity contribution < 1.29 is 9.18 Å². The molecule has 136 valence electrons. The number of aromatic amines is 2. The fourth-order valence-corrected chi connectivity index (χ4v) is 3.22. The highest BCUT2D eigenvalue weighted by Gasteiger charge is 2.14. The molecule has 4 aromatic rings. The van der Waals surface area contributed by atoms with Crippen molar-refractivity contribution in [2.75, 3.05) is 0 Å². The van der Waals surface area contributed by atoms with Gasteiger partial charge in [0.1, 0.15) is 5.82 Å². The normalized spacial score (nSPS) is 11.0. The van der Waals surface area contributed by atoms with Crippen molar-refractivity contribution in [1.29, 1.82) is 0 Å². The number of benzene rings is 2. The molecule has 0 fully saturated rings. The van der Waals surface area contributed by atoms with Crippen LogP contribution < -0.4 is 5.32 Å². The first-order chi connectivity index (χ1) is 13.2. The minimum Gasteiger partial charge on any atom is -0.354 e. The van der Waals surface area contributed by atoms with Crippen molar-refractivity contribution >= 4 is 16.8 Å². The number of H-pyrrole nitrogens is 2. The molecule has 2 heterocycles. The van der Waals surface area contributed by atoms with E-state index in [1.54, 1.807) is 24.5 Å². The highest BCUT2D eigenvalue weighted by Crippen LogP contribution is 2.31. The van der Waals surface area contributed by atoms with Crippen molar-refractivity contribution in [2.45, 2.75) is 19.4 Å². The lowest BCUT2D eigenvalue weighted by Gasteiger charge is -2.07. The van der Waals surface area contributed by atoms with E-state index < -0.39 is 0 Å². The molecule has 0 atom stereocenters. The summed E-state index contributed by atoms with van der Waals surface area (Å²) in [5.74, 6) is -0.290. The van der Waals surface area contributed by atoms with Crippen LogP contribution in [0.4, 0.5) is 4.39 Å². The summed E-state index contributed by atoms with van der Waals surface area (Å²) in [5.41, 5.74) is 4.84. The molecular weight excluding hydrogens is 343 g/mol. The summed E-state index contributed by atoms with van der Waals surface area (Å²) in [4.78, 5) is 15.7. The number of amides is 1. The van der Waals surface area contributed by atoms with Crippen LogP contribution in [0.1, 0.15) is 17.5 Å². The largest absolute Gasteiger partial charge is 0.354 e. The lowest BCUT2D eigenvalue weighted by atomic mass is 10.0. The van der Waals surface area contributed by atoms with Crippen LogP contribution >= 0.6 is 0 Å². The number of hydrogen-bond donors (Lipinski definition) is 3. The third-order valence-electron chi connectivity index (χ3n) is 4.59. The Kier molecular flexibility index (Phi) is 4.70. The molecule has 0 aliphatic carbocycles. The third kappa shape index (κ3) is 3.74. The molecule has 6 heteroatoms. The lowest BCUT2D eigenvalue weighted by Crippen LogP contribution is -2.22. The van der Waals surface area contributed by atoms with E-state index in [4.69, 9.17) is 0 Å². The van der Waals surface area contributed by atoms with Gasteiger partial charge in [-0.05, 0) is 47.9 Å². The van der Waals surface area contributed by atoms with E-state index in [1.807, 2.05) is 24.3 Å². The summed E-state index contributed by atoms with van der Waals surface area (Å²) in [6.45, 7) is 0.452. The van der Waals surface area contributed by atoms with Gasteiger partial charge in [-0.2, -0.15) is 5.10 Å². The Labute approximate surface area is 155 Å². The first-order valence-electron chi connectivity index (χ1n) is 8.80. The van der Waals surface area contributed by atoms with Gasteiger partial charge in [-0.3, -0.25) is 9.89 Å². The molecule has 2 aromatic carbocycles. The van der Waals surface area contributed by atoms with E-state index in [0.717, 1.165) is 33.3 Å². The summed E-state index contributed by atoms with van der Waals surface area (Å²) in [6.07, 6.45) is 4.40. The zero-order valence-electron chi connectivity index (χ0n) is 14.6. The molecule has 0 aliphatic heterocycles. The van der Waals surface area contributed by atoms with Gasteiger partial charge in [0.15, 0.2) is 0 Å². The average Bonchev–Trinajstić information content (AvgIpc) is 3.33. The summed E-state index contributed by atoms with van der Waals surface area (Å²) in [5, 5.41) is 10.6. The maximum atomic E-state index is 13.3. The van der Waals surface area contributed by atoms with Gasteiger partial charge in [-0.1, -0.05) is 18.2 Å². The first-order valence-corrected chi connectivity index (χ1v) is 8.80. The standard InChI is InChI=1S/C21H19FN4O/c22-16-7-5-15(6-8-16)21-18(17-3-1-2-4-19(17)26-21)9-10-20(27)23-11-14-12-24-25-13-14/h1-8,12-13,26H,9-11H2,(H,23,27)(H,24,25). The molecule has 0 unspecified atom stereocenters. The Morgan fingerprint density at radius 3 is 2.70 bits per heavy atom. The van der Waals surface area contributed by atoms with E-state index >= 15 is 0 Å². The predicted octanol–water partition coefficient (Wildman–Crippen LogP) is 3.95. The Morgan fingerprint density at radius 2 is 1.93 bits per heavy atom. The number of para-hydroxylation sites is 1. The topological polar surface area (TPSA) is 73.6 Å². The maximum absolute atomic E-state index is 13.3. The van der Waals surface area contributed by atoms with Gasteiger partial charge >= 0.3 is 0 Å². The van der Waals surface area contributed by atoms with Crippen LogP contribution in [-0.4, -0.2) is 21.1 Å². The molecule has 0 saturated carbocycles. The van der Waals surface area contributed by atoms with Crippen LogP contribution in [-0.2, 0) is 17.8 Å². The molecule has 0 spiro atoms. The quantitative estimate of drug-likeness (QED) is 0.486. The fraction of sp³-hybridized carbons (Fsp3) is 0.143. The van der Waals surface area contributed by atoms with E-state index in [-0.39, 0.29) is 11.7 Å². The Balaban J connectivity index is 1.55. The molecule has 0 radical (unpaired) electrons. The number of halogens is 1. The van der Waals surface area contributed by atoms with Crippen LogP contribution in [0.3, 0.4) is 0 Å². The lowest BCUT2D eigenvalue weighted by molar-refractivity contribution is -0.121. The SMILES string of the molecule is O=C(CCc1c(-c2ccc(F)cc2)[nH]c2ccccc12)NCc1cn[nH]c1. The Morgan fingerprint density at radius 1 is 1.11 bits per heavy atom.